The molecule has 1 aliphatic carbocycles. The van der Waals surface area contributed by atoms with E-state index < -0.39 is 0 Å². The highest BCUT2D eigenvalue weighted by Crippen LogP contribution is 2.32. The minimum atomic E-state index is -0.0278. The van der Waals surface area contributed by atoms with E-state index in [-0.39, 0.29) is 5.60 Å². The monoisotopic (exact) mass is 309 g/mol. The molecule has 0 heterocycles. The maximum atomic E-state index is 6.42. The first kappa shape index (κ1) is 16.8. The summed E-state index contributed by atoms with van der Waals surface area (Å²) in [5, 5.41) is 4.38. The van der Waals surface area contributed by atoms with E-state index in [4.69, 9.17) is 16.3 Å². The van der Waals surface area contributed by atoms with Gasteiger partial charge in [0.15, 0.2) is 0 Å². The molecule has 1 saturated carbocycles. The van der Waals surface area contributed by atoms with Crippen LogP contribution in [0, 0.1) is 0 Å². The normalized spacial score (nSPS) is 18.7. The highest BCUT2D eigenvalue weighted by Gasteiger charge is 2.32. The van der Waals surface area contributed by atoms with E-state index in [2.05, 4.69) is 25.2 Å². The molecule has 1 fully saturated rings. The molecule has 118 valence electrons. The fourth-order valence-electron chi connectivity index (χ4n) is 2.98. The van der Waals surface area contributed by atoms with Crippen LogP contribution in [0.1, 0.15) is 57.9 Å². The van der Waals surface area contributed by atoms with Gasteiger partial charge in [-0.15, -0.1) is 0 Å². The Balaban J connectivity index is 2.02. The van der Waals surface area contributed by atoms with Crippen LogP contribution in [-0.2, 0) is 11.3 Å². The third-order valence-electron chi connectivity index (χ3n) is 4.34. The summed E-state index contributed by atoms with van der Waals surface area (Å²) in [4.78, 5) is 0. The zero-order valence-corrected chi connectivity index (χ0v) is 14.1. The Kier molecular flexibility index (Phi) is 6.53. The Hall–Kier alpha value is -0.570. The zero-order chi connectivity index (χ0) is 15.1. The lowest BCUT2D eigenvalue weighted by Crippen LogP contribution is -2.44. The molecule has 1 N–H and O–H groups in total. The van der Waals surface area contributed by atoms with E-state index in [1.165, 1.54) is 25.7 Å². The molecular formula is C18H28ClNO. The van der Waals surface area contributed by atoms with Crippen molar-refractivity contribution in [3.8, 4) is 0 Å². The predicted molar refractivity (Wildman–Crippen MR) is 89.8 cm³/mol. The second-order valence-corrected chi connectivity index (χ2v) is 6.92. The van der Waals surface area contributed by atoms with Crippen molar-refractivity contribution >= 4 is 11.6 Å². The average molecular weight is 310 g/mol. The van der Waals surface area contributed by atoms with Crippen LogP contribution in [0.3, 0.4) is 0 Å². The number of hydrogen-bond acceptors (Lipinski definition) is 2. The van der Waals surface area contributed by atoms with Crippen molar-refractivity contribution in [3.63, 3.8) is 0 Å². The van der Waals surface area contributed by atoms with Gasteiger partial charge in [-0.3, -0.25) is 0 Å². The lowest BCUT2D eigenvalue weighted by Gasteiger charge is -2.34. The molecule has 3 heteroatoms. The highest BCUT2D eigenvalue weighted by molar-refractivity contribution is 6.31. The molecule has 21 heavy (non-hydrogen) atoms. The summed E-state index contributed by atoms with van der Waals surface area (Å²) in [6, 6.07) is 8.48. The molecule has 2 nitrogen and oxygen atoms in total. The van der Waals surface area contributed by atoms with Gasteiger partial charge in [0.1, 0.15) is 0 Å². The van der Waals surface area contributed by atoms with Gasteiger partial charge in [0.2, 0.25) is 0 Å². The smallest absolute Gasteiger partial charge is 0.0810 e. The molecule has 0 unspecified atom stereocenters. The van der Waals surface area contributed by atoms with Gasteiger partial charge in [0.25, 0.3) is 0 Å². The van der Waals surface area contributed by atoms with Crippen LogP contribution in [-0.4, -0.2) is 18.2 Å². The molecule has 0 saturated heterocycles. The van der Waals surface area contributed by atoms with Crippen LogP contribution < -0.4 is 5.32 Å². The second kappa shape index (κ2) is 8.17. The maximum Gasteiger partial charge on any atom is 0.0810 e. The molecule has 0 bridgehead atoms. The number of nitrogens with one attached hydrogen (secondary N) is 1. The number of hydrogen-bond donors (Lipinski definition) is 1. The first-order valence-corrected chi connectivity index (χ1v) is 8.60. The molecule has 1 aromatic carbocycles. The Morgan fingerprint density at radius 2 is 1.81 bits per heavy atom. The van der Waals surface area contributed by atoms with Crippen molar-refractivity contribution in [2.45, 2.75) is 70.6 Å². The Morgan fingerprint density at radius 3 is 2.43 bits per heavy atom. The SMILES string of the molecule is CC(C)NCC1(OCc2ccccc2Cl)CCCCCC1. The van der Waals surface area contributed by atoms with Crippen LogP contribution in [0.5, 0.6) is 0 Å². The van der Waals surface area contributed by atoms with Crippen molar-refractivity contribution in [2.24, 2.45) is 0 Å². The van der Waals surface area contributed by atoms with Crippen LogP contribution >= 0.6 is 11.6 Å². The number of rotatable bonds is 6. The predicted octanol–water partition coefficient (Wildman–Crippen LogP) is 4.95. The van der Waals surface area contributed by atoms with Crippen LogP contribution in [0.2, 0.25) is 5.02 Å². The van der Waals surface area contributed by atoms with Gasteiger partial charge >= 0.3 is 0 Å². The Bertz CT molecular complexity index is 425. The van der Waals surface area contributed by atoms with Gasteiger partial charge < -0.3 is 10.1 Å². The molecular weight excluding hydrogens is 282 g/mol. The van der Waals surface area contributed by atoms with Crippen molar-refractivity contribution in [2.75, 3.05) is 6.54 Å². The second-order valence-electron chi connectivity index (χ2n) is 6.51. The Morgan fingerprint density at radius 1 is 1.14 bits per heavy atom. The van der Waals surface area contributed by atoms with E-state index in [1.54, 1.807) is 0 Å². The standard InChI is InChI=1S/C18H28ClNO/c1-15(2)20-14-18(11-7-3-4-8-12-18)21-13-16-9-5-6-10-17(16)19/h5-6,9-10,15,20H,3-4,7-8,11-14H2,1-2H3. The first-order chi connectivity index (χ1) is 10.1. The van der Waals surface area contributed by atoms with Gasteiger partial charge in [-0.2, -0.15) is 0 Å². The lowest BCUT2D eigenvalue weighted by atomic mass is 9.93. The van der Waals surface area contributed by atoms with E-state index in [9.17, 15) is 0 Å². The van der Waals surface area contributed by atoms with E-state index in [0.29, 0.717) is 12.6 Å². The average Bonchev–Trinajstić information content (AvgIpc) is 2.71. The number of ether oxygens (including phenoxy) is 1. The molecule has 0 spiro atoms. The minimum Gasteiger partial charge on any atom is -0.369 e. The molecule has 1 aliphatic rings. The maximum absolute atomic E-state index is 6.42. The highest BCUT2D eigenvalue weighted by atomic mass is 35.5. The minimum absolute atomic E-state index is 0.0278. The van der Waals surface area contributed by atoms with Gasteiger partial charge in [-0.25, -0.2) is 0 Å². The van der Waals surface area contributed by atoms with Crippen molar-refractivity contribution < 1.29 is 4.74 Å². The third-order valence-corrected chi connectivity index (χ3v) is 4.71. The summed E-state index contributed by atoms with van der Waals surface area (Å²) in [5.74, 6) is 0. The summed E-state index contributed by atoms with van der Waals surface area (Å²) < 4.78 is 6.42. The van der Waals surface area contributed by atoms with Gasteiger partial charge in [-0.1, -0.05) is 69.3 Å². The Labute approximate surface area is 134 Å². The molecule has 0 atom stereocenters. The summed E-state index contributed by atoms with van der Waals surface area (Å²) in [5.41, 5.74) is 1.06. The third kappa shape index (κ3) is 5.28. The molecule has 2 rings (SSSR count). The number of halogens is 1. The summed E-state index contributed by atoms with van der Waals surface area (Å²) in [7, 11) is 0. The largest absolute Gasteiger partial charge is 0.369 e. The lowest BCUT2D eigenvalue weighted by molar-refractivity contribution is -0.0664. The molecule has 0 aromatic heterocycles. The quantitative estimate of drug-likeness (QED) is 0.751. The van der Waals surface area contributed by atoms with E-state index in [1.807, 2.05) is 18.2 Å². The van der Waals surface area contributed by atoms with Gasteiger partial charge in [0, 0.05) is 17.6 Å². The topological polar surface area (TPSA) is 21.3 Å². The zero-order valence-electron chi connectivity index (χ0n) is 13.3. The first-order valence-electron chi connectivity index (χ1n) is 8.22. The van der Waals surface area contributed by atoms with Crippen LogP contribution in [0.25, 0.3) is 0 Å². The molecule has 0 aliphatic heterocycles. The molecule has 0 radical (unpaired) electrons. The number of benzene rings is 1. The van der Waals surface area contributed by atoms with E-state index >= 15 is 0 Å². The fourth-order valence-corrected chi connectivity index (χ4v) is 3.17. The van der Waals surface area contributed by atoms with Crippen LogP contribution in [0.15, 0.2) is 24.3 Å². The van der Waals surface area contributed by atoms with Crippen LogP contribution in [0.4, 0.5) is 0 Å². The molecule has 0 amide bonds. The summed E-state index contributed by atoms with van der Waals surface area (Å²) in [6.07, 6.45) is 7.50. The summed E-state index contributed by atoms with van der Waals surface area (Å²) in [6.45, 7) is 5.94. The van der Waals surface area contributed by atoms with E-state index in [0.717, 1.165) is 30.0 Å². The van der Waals surface area contributed by atoms with Gasteiger partial charge in [-0.05, 0) is 24.5 Å². The molecule has 1 aromatic rings. The van der Waals surface area contributed by atoms with Crippen molar-refractivity contribution in [1.82, 2.24) is 5.32 Å². The summed E-state index contributed by atoms with van der Waals surface area (Å²) >= 11 is 6.25. The fraction of sp³-hybridized carbons (Fsp3) is 0.667. The van der Waals surface area contributed by atoms with Crippen molar-refractivity contribution in [3.05, 3.63) is 34.9 Å². The van der Waals surface area contributed by atoms with Crippen molar-refractivity contribution in [1.29, 1.82) is 0 Å². The van der Waals surface area contributed by atoms with Gasteiger partial charge in [0.05, 0.1) is 12.2 Å².